The van der Waals surface area contributed by atoms with E-state index in [-0.39, 0.29) is 18.0 Å². The van der Waals surface area contributed by atoms with Gasteiger partial charge < -0.3 is 14.8 Å². The highest BCUT2D eigenvalue weighted by Gasteiger charge is 2.34. The number of amides is 1. The van der Waals surface area contributed by atoms with Crippen LogP contribution in [0.15, 0.2) is 66.7 Å². The van der Waals surface area contributed by atoms with Crippen LogP contribution in [-0.2, 0) is 13.0 Å². The van der Waals surface area contributed by atoms with Crippen molar-refractivity contribution in [3.63, 3.8) is 0 Å². The molecule has 172 valence electrons. The first-order valence-electron chi connectivity index (χ1n) is 11.4. The summed E-state index contributed by atoms with van der Waals surface area (Å²) in [5.74, 6) is 1.39. The maximum absolute atomic E-state index is 13.0. The summed E-state index contributed by atoms with van der Waals surface area (Å²) in [6.45, 7) is 5.81. The number of rotatable bonds is 7. The average molecular weight is 445 g/mol. The standard InChI is InChI=1S/C28H32N2O3/c1-19-10-12-22(13-11-19)28(31)29-20(2)27-24-17-26(33-4)25(32-3)16-23(24)14-15-30(27)18-21-8-6-5-7-9-21/h5-13,16-17,20,27H,14-15,18H2,1-4H3,(H,29,31)/t20-,27-/m0/s1. The number of benzene rings is 3. The Morgan fingerprint density at radius 3 is 2.36 bits per heavy atom. The van der Waals surface area contributed by atoms with E-state index in [0.717, 1.165) is 30.8 Å². The number of ether oxygens (including phenoxy) is 2. The smallest absolute Gasteiger partial charge is 0.251 e. The van der Waals surface area contributed by atoms with Gasteiger partial charge >= 0.3 is 0 Å². The molecule has 0 bridgehead atoms. The fourth-order valence-electron chi connectivity index (χ4n) is 4.68. The van der Waals surface area contributed by atoms with Crippen LogP contribution in [0.25, 0.3) is 0 Å². The lowest BCUT2D eigenvalue weighted by molar-refractivity contribution is 0.0877. The highest BCUT2D eigenvalue weighted by atomic mass is 16.5. The van der Waals surface area contributed by atoms with Crippen LogP contribution < -0.4 is 14.8 Å². The summed E-state index contributed by atoms with van der Waals surface area (Å²) in [5, 5.41) is 3.26. The normalized spacial score (nSPS) is 16.5. The Kier molecular flexibility index (Phi) is 6.99. The van der Waals surface area contributed by atoms with E-state index in [0.29, 0.717) is 11.3 Å². The maximum Gasteiger partial charge on any atom is 0.251 e. The molecule has 0 aliphatic carbocycles. The lowest BCUT2D eigenvalue weighted by Crippen LogP contribution is -2.47. The summed E-state index contributed by atoms with van der Waals surface area (Å²) in [6.07, 6.45) is 0.914. The average Bonchev–Trinajstić information content (AvgIpc) is 2.83. The minimum Gasteiger partial charge on any atom is -0.493 e. The van der Waals surface area contributed by atoms with Gasteiger partial charge in [-0.3, -0.25) is 9.69 Å². The number of hydrogen-bond donors (Lipinski definition) is 1. The quantitative estimate of drug-likeness (QED) is 0.561. The van der Waals surface area contributed by atoms with Crippen LogP contribution in [0.5, 0.6) is 11.5 Å². The third-order valence-electron chi connectivity index (χ3n) is 6.40. The molecule has 5 heteroatoms. The van der Waals surface area contributed by atoms with Gasteiger partial charge in [0, 0.05) is 24.7 Å². The molecule has 2 atom stereocenters. The van der Waals surface area contributed by atoms with Crippen molar-refractivity contribution in [2.24, 2.45) is 0 Å². The zero-order chi connectivity index (χ0) is 23.4. The first-order chi connectivity index (χ1) is 16.0. The molecule has 3 aromatic rings. The molecule has 0 spiro atoms. The molecule has 1 aliphatic heterocycles. The first-order valence-corrected chi connectivity index (χ1v) is 11.4. The van der Waals surface area contributed by atoms with Crippen molar-refractivity contribution in [2.45, 2.75) is 38.9 Å². The van der Waals surface area contributed by atoms with Crippen LogP contribution in [0.2, 0.25) is 0 Å². The minimum atomic E-state index is -0.111. The molecule has 0 radical (unpaired) electrons. The van der Waals surface area contributed by atoms with Gasteiger partial charge in [-0.1, -0.05) is 48.0 Å². The Labute approximate surface area is 196 Å². The second kappa shape index (κ2) is 10.1. The number of nitrogens with zero attached hydrogens (tertiary/aromatic N) is 1. The van der Waals surface area contributed by atoms with Crippen LogP contribution >= 0.6 is 0 Å². The van der Waals surface area contributed by atoms with Crippen LogP contribution in [0.3, 0.4) is 0 Å². The van der Waals surface area contributed by atoms with E-state index in [1.165, 1.54) is 16.7 Å². The summed E-state index contributed by atoms with van der Waals surface area (Å²) in [7, 11) is 3.32. The molecule has 1 aliphatic rings. The molecule has 0 unspecified atom stereocenters. The van der Waals surface area contributed by atoms with Gasteiger partial charge in [0.25, 0.3) is 5.91 Å². The summed E-state index contributed by atoms with van der Waals surface area (Å²) < 4.78 is 11.2. The molecular weight excluding hydrogens is 412 g/mol. The van der Waals surface area contributed by atoms with Crippen molar-refractivity contribution in [3.8, 4) is 11.5 Å². The highest BCUT2D eigenvalue weighted by molar-refractivity contribution is 5.94. The molecular formula is C28H32N2O3. The summed E-state index contributed by atoms with van der Waals surface area (Å²) in [5.41, 5.74) is 5.47. The van der Waals surface area contributed by atoms with Crippen molar-refractivity contribution in [3.05, 3.63) is 94.5 Å². The van der Waals surface area contributed by atoms with Gasteiger partial charge in [0.15, 0.2) is 11.5 Å². The Balaban J connectivity index is 1.67. The Hall–Kier alpha value is -3.31. The monoisotopic (exact) mass is 444 g/mol. The molecule has 3 aromatic carbocycles. The molecule has 1 N–H and O–H groups in total. The first kappa shape index (κ1) is 22.9. The molecule has 1 heterocycles. The van der Waals surface area contributed by atoms with E-state index >= 15 is 0 Å². The molecule has 0 fully saturated rings. The van der Waals surface area contributed by atoms with Crippen LogP contribution in [0.4, 0.5) is 0 Å². The minimum absolute atomic E-state index is 0.00293. The summed E-state index contributed by atoms with van der Waals surface area (Å²) in [6, 6.07) is 22.2. The van der Waals surface area contributed by atoms with Crippen molar-refractivity contribution < 1.29 is 14.3 Å². The number of fused-ring (bicyclic) bond motifs is 1. The number of hydrogen-bond acceptors (Lipinski definition) is 4. The Morgan fingerprint density at radius 1 is 1.03 bits per heavy atom. The second-order valence-corrected chi connectivity index (χ2v) is 8.69. The summed E-state index contributed by atoms with van der Waals surface area (Å²) >= 11 is 0. The zero-order valence-corrected chi connectivity index (χ0v) is 19.8. The lowest BCUT2D eigenvalue weighted by atomic mass is 9.87. The predicted octanol–water partition coefficient (Wildman–Crippen LogP) is 4.93. The number of aryl methyl sites for hydroxylation is 1. The van der Waals surface area contributed by atoms with Crippen LogP contribution in [0.1, 0.15) is 45.6 Å². The van der Waals surface area contributed by atoms with Gasteiger partial charge in [-0.15, -0.1) is 0 Å². The zero-order valence-electron chi connectivity index (χ0n) is 19.8. The predicted molar refractivity (Wildman–Crippen MR) is 131 cm³/mol. The van der Waals surface area contributed by atoms with E-state index in [1.807, 2.05) is 37.3 Å². The fraction of sp³-hybridized carbons (Fsp3) is 0.321. The number of carbonyl (C=O) groups excluding carboxylic acids is 1. The van der Waals surface area contributed by atoms with E-state index < -0.39 is 0 Å². The van der Waals surface area contributed by atoms with Crippen LogP contribution in [0, 0.1) is 6.92 Å². The van der Waals surface area contributed by atoms with Gasteiger partial charge in [0.1, 0.15) is 0 Å². The van der Waals surface area contributed by atoms with E-state index in [2.05, 4.69) is 53.5 Å². The molecule has 4 rings (SSSR count). The largest absolute Gasteiger partial charge is 0.493 e. The number of carbonyl (C=O) groups is 1. The van der Waals surface area contributed by atoms with E-state index in [4.69, 9.17) is 9.47 Å². The van der Waals surface area contributed by atoms with Crippen molar-refractivity contribution >= 4 is 5.91 Å². The SMILES string of the molecule is COc1cc2c(cc1OC)[C@H]([C@H](C)NC(=O)c1ccc(C)cc1)N(Cc1ccccc1)CC2. The van der Waals surface area contributed by atoms with Crippen molar-refractivity contribution in [1.82, 2.24) is 10.2 Å². The van der Waals surface area contributed by atoms with Gasteiger partial charge in [-0.25, -0.2) is 0 Å². The molecule has 1 amide bonds. The van der Waals surface area contributed by atoms with E-state index in [9.17, 15) is 4.79 Å². The molecule has 0 aromatic heterocycles. The van der Waals surface area contributed by atoms with Gasteiger partial charge in [-0.05, 0) is 61.2 Å². The third-order valence-corrected chi connectivity index (χ3v) is 6.40. The van der Waals surface area contributed by atoms with Crippen molar-refractivity contribution in [2.75, 3.05) is 20.8 Å². The number of nitrogens with one attached hydrogen (secondary N) is 1. The summed E-state index contributed by atoms with van der Waals surface area (Å²) in [4.78, 5) is 15.5. The lowest BCUT2D eigenvalue weighted by Gasteiger charge is -2.41. The van der Waals surface area contributed by atoms with Gasteiger partial charge in [0.2, 0.25) is 0 Å². The molecule has 5 nitrogen and oxygen atoms in total. The van der Waals surface area contributed by atoms with Crippen molar-refractivity contribution in [1.29, 1.82) is 0 Å². The van der Waals surface area contributed by atoms with Gasteiger partial charge in [0.05, 0.1) is 20.3 Å². The van der Waals surface area contributed by atoms with Crippen LogP contribution in [-0.4, -0.2) is 37.6 Å². The third kappa shape index (κ3) is 5.04. The highest BCUT2D eigenvalue weighted by Crippen LogP contribution is 2.40. The number of methoxy groups -OCH3 is 2. The Morgan fingerprint density at radius 2 is 1.70 bits per heavy atom. The maximum atomic E-state index is 13.0. The molecule has 0 saturated carbocycles. The van der Waals surface area contributed by atoms with Gasteiger partial charge in [-0.2, -0.15) is 0 Å². The topological polar surface area (TPSA) is 50.8 Å². The second-order valence-electron chi connectivity index (χ2n) is 8.69. The molecule has 0 saturated heterocycles. The fourth-order valence-corrected chi connectivity index (χ4v) is 4.68. The molecule has 33 heavy (non-hydrogen) atoms. The van der Waals surface area contributed by atoms with E-state index in [1.54, 1.807) is 14.2 Å². The Bertz CT molecular complexity index is 1100.